The third kappa shape index (κ3) is 4.52. The molecule has 1 aliphatic rings. The number of aromatic nitrogens is 3. The van der Waals surface area contributed by atoms with Gasteiger partial charge in [0.25, 0.3) is 0 Å². The van der Waals surface area contributed by atoms with Crippen LogP contribution in [0.15, 0.2) is 53.4 Å². The summed E-state index contributed by atoms with van der Waals surface area (Å²) in [6.45, 7) is 2.08. The summed E-state index contributed by atoms with van der Waals surface area (Å²) in [6, 6.07) is 12.5. The maximum Gasteiger partial charge on any atom is 0.243 e. The molecule has 0 bridgehead atoms. The van der Waals surface area contributed by atoms with E-state index in [-0.39, 0.29) is 11.4 Å². The van der Waals surface area contributed by atoms with Crippen molar-refractivity contribution in [3.8, 4) is 10.9 Å². The number of hydrogen-bond acceptors (Lipinski definition) is 7. The van der Waals surface area contributed by atoms with E-state index < -0.39 is 22.0 Å². The van der Waals surface area contributed by atoms with Crippen LogP contribution in [0.2, 0.25) is 5.02 Å². The molecule has 5 rings (SSSR count). The second-order valence-corrected chi connectivity index (χ2v) is 11.5. The molecule has 1 unspecified atom stereocenters. The van der Waals surface area contributed by atoms with E-state index in [4.69, 9.17) is 16.3 Å². The Morgan fingerprint density at radius 1 is 1.20 bits per heavy atom. The summed E-state index contributed by atoms with van der Waals surface area (Å²) in [5.41, 5.74) is 1.44. The van der Waals surface area contributed by atoms with Gasteiger partial charge in [-0.15, -0.1) is 0 Å². The number of carbonyl (C=O) groups excluding carboxylic acids is 1. The van der Waals surface area contributed by atoms with Crippen molar-refractivity contribution in [3.63, 3.8) is 0 Å². The molecule has 1 fully saturated rings. The van der Waals surface area contributed by atoms with Gasteiger partial charge in [-0.05, 0) is 56.2 Å². The lowest BCUT2D eigenvalue weighted by Crippen LogP contribution is -2.43. The van der Waals surface area contributed by atoms with Gasteiger partial charge in [0, 0.05) is 23.7 Å². The predicted molar refractivity (Wildman–Crippen MR) is 135 cm³/mol. The van der Waals surface area contributed by atoms with Crippen molar-refractivity contribution in [1.82, 2.24) is 19.1 Å². The Hall–Kier alpha value is -2.99. The number of methoxy groups -OCH3 is 1. The average molecular weight is 532 g/mol. The zero-order chi connectivity index (χ0) is 24.7. The number of fused-ring (bicyclic) bond motifs is 1. The molecule has 3 heterocycles. The number of nitrogens with zero attached hydrogens (tertiary/aromatic N) is 4. The molecule has 2 aromatic heterocycles. The number of halogens is 1. The first-order valence-electron chi connectivity index (χ1n) is 10.9. The molecule has 1 amide bonds. The molecular weight excluding hydrogens is 510 g/mol. The maximum atomic E-state index is 13.3. The normalized spacial score (nSPS) is 16.6. The summed E-state index contributed by atoms with van der Waals surface area (Å²) in [5.74, 6) is 0.709. The Balaban J connectivity index is 1.42. The first kappa shape index (κ1) is 23.7. The Labute approximate surface area is 211 Å². The van der Waals surface area contributed by atoms with Crippen molar-refractivity contribution >= 4 is 54.9 Å². The zero-order valence-electron chi connectivity index (χ0n) is 18.9. The number of thiazole rings is 1. The van der Waals surface area contributed by atoms with E-state index in [0.717, 1.165) is 10.2 Å². The maximum absolute atomic E-state index is 13.3. The third-order valence-electron chi connectivity index (χ3n) is 5.77. The minimum Gasteiger partial charge on any atom is -0.497 e. The van der Waals surface area contributed by atoms with E-state index in [1.807, 2.05) is 25.1 Å². The van der Waals surface area contributed by atoms with Crippen molar-refractivity contribution in [2.24, 2.45) is 0 Å². The summed E-state index contributed by atoms with van der Waals surface area (Å²) < 4.78 is 35.5. The summed E-state index contributed by atoms with van der Waals surface area (Å²) in [6.07, 6.45) is 1.01. The number of benzene rings is 2. The first-order valence-corrected chi connectivity index (χ1v) is 13.5. The van der Waals surface area contributed by atoms with E-state index >= 15 is 0 Å². The van der Waals surface area contributed by atoms with Crippen LogP contribution in [0.5, 0.6) is 5.75 Å². The molecule has 35 heavy (non-hydrogen) atoms. The van der Waals surface area contributed by atoms with E-state index in [9.17, 15) is 13.2 Å². The first-order chi connectivity index (χ1) is 16.8. The number of hydrogen-bond donors (Lipinski definition) is 1. The van der Waals surface area contributed by atoms with E-state index in [2.05, 4.69) is 15.4 Å². The van der Waals surface area contributed by atoms with Crippen molar-refractivity contribution < 1.29 is 17.9 Å². The molecule has 1 saturated heterocycles. The Bertz CT molecular complexity index is 1510. The van der Waals surface area contributed by atoms with E-state index in [0.29, 0.717) is 40.3 Å². The second-order valence-electron chi connectivity index (χ2n) is 8.13. The molecule has 182 valence electrons. The lowest BCUT2D eigenvalue weighted by molar-refractivity contribution is -0.119. The number of ether oxygens (including phenoxy) is 1. The number of sulfonamides is 1. The van der Waals surface area contributed by atoms with E-state index in [1.165, 1.54) is 39.9 Å². The van der Waals surface area contributed by atoms with Gasteiger partial charge in [0.1, 0.15) is 17.6 Å². The molecule has 0 spiro atoms. The number of nitrogens with one attached hydrogen (secondary N) is 1. The predicted octanol–water partition coefficient (Wildman–Crippen LogP) is 4.24. The molecule has 1 aliphatic heterocycles. The molecule has 12 heteroatoms. The van der Waals surface area contributed by atoms with Gasteiger partial charge >= 0.3 is 0 Å². The number of rotatable bonds is 6. The lowest BCUT2D eigenvalue weighted by atomic mass is 10.2. The zero-order valence-corrected chi connectivity index (χ0v) is 21.3. The highest BCUT2D eigenvalue weighted by atomic mass is 35.5. The van der Waals surface area contributed by atoms with Crippen LogP contribution in [-0.4, -0.2) is 53.1 Å². The van der Waals surface area contributed by atoms with Crippen molar-refractivity contribution in [1.29, 1.82) is 0 Å². The van der Waals surface area contributed by atoms with Gasteiger partial charge in [-0.1, -0.05) is 22.9 Å². The number of anilines is 1. The van der Waals surface area contributed by atoms with Gasteiger partial charge in [-0.25, -0.2) is 13.4 Å². The van der Waals surface area contributed by atoms with Crippen LogP contribution in [-0.2, 0) is 14.8 Å². The highest BCUT2D eigenvalue weighted by molar-refractivity contribution is 7.89. The average Bonchev–Trinajstić information content (AvgIpc) is 3.57. The molecule has 9 nitrogen and oxygen atoms in total. The van der Waals surface area contributed by atoms with Crippen LogP contribution in [0, 0.1) is 6.92 Å². The minimum atomic E-state index is -3.85. The minimum absolute atomic E-state index is 0.104. The summed E-state index contributed by atoms with van der Waals surface area (Å²) in [5, 5.41) is 8.39. The van der Waals surface area contributed by atoms with Crippen LogP contribution < -0.4 is 10.1 Å². The highest BCUT2D eigenvalue weighted by Gasteiger charge is 2.39. The monoisotopic (exact) mass is 531 g/mol. The van der Waals surface area contributed by atoms with Crippen LogP contribution in [0.3, 0.4) is 0 Å². The largest absolute Gasteiger partial charge is 0.497 e. The van der Waals surface area contributed by atoms with Crippen molar-refractivity contribution in [2.75, 3.05) is 19.0 Å². The van der Waals surface area contributed by atoms with E-state index in [1.54, 1.807) is 17.9 Å². The lowest BCUT2D eigenvalue weighted by Gasteiger charge is -2.23. The molecule has 1 N–H and O–H groups in total. The van der Waals surface area contributed by atoms with Gasteiger partial charge in [0.05, 0.1) is 27.9 Å². The fourth-order valence-electron chi connectivity index (χ4n) is 4.09. The fourth-order valence-corrected chi connectivity index (χ4v) is 6.78. The molecule has 0 aliphatic carbocycles. The second kappa shape index (κ2) is 9.23. The fraction of sp³-hybridized carbons (Fsp3) is 0.261. The van der Waals surface area contributed by atoms with Gasteiger partial charge in [0.15, 0.2) is 0 Å². The van der Waals surface area contributed by atoms with Gasteiger partial charge in [-0.2, -0.15) is 14.1 Å². The van der Waals surface area contributed by atoms with Gasteiger partial charge < -0.3 is 10.1 Å². The standard InChI is InChI=1S/C23H22ClN5O4S2/c1-14-12-21(29(27-14)23-25-18-13-16(33-2)7-10-20(18)34-23)26-22(30)19-4-3-11-28(19)35(31,32)17-8-5-15(24)6-9-17/h5-10,12-13,19H,3-4,11H2,1-2H3,(H,26,30). The Morgan fingerprint density at radius 3 is 2.71 bits per heavy atom. The quantitative estimate of drug-likeness (QED) is 0.399. The highest BCUT2D eigenvalue weighted by Crippen LogP contribution is 2.31. The SMILES string of the molecule is COc1ccc2sc(-n3nc(C)cc3NC(=O)C3CCCN3S(=O)(=O)c3ccc(Cl)cc3)nc2c1. The van der Waals surface area contributed by atoms with Crippen molar-refractivity contribution in [2.45, 2.75) is 30.7 Å². The summed E-state index contributed by atoms with van der Waals surface area (Å²) in [7, 11) is -2.26. The summed E-state index contributed by atoms with van der Waals surface area (Å²) in [4.78, 5) is 18.0. The Morgan fingerprint density at radius 2 is 1.97 bits per heavy atom. The number of amides is 1. The third-order valence-corrected chi connectivity index (χ3v) is 8.96. The molecule has 4 aromatic rings. The number of aryl methyl sites for hydroxylation is 1. The van der Waals surface area contributed by atoms with Gasteiger partial charge in [-0.3, -0.25) is 4.79 Å². The van der Waals surface area contributed by atoms with Crippen LogP contribution in [0.4, 0.5) is 5.82 Å². The van der Waals surface area contributed by atoms with Crippen LogP contribution >= 0.6 is 22.9 Å². The Kier molecular flexibility index (Phi) is 6.26. The van der Waals surface area contributed by atoms with Crippen LogP contribution in [0.25, 0.3) is 15.3 Å². The molecule has 0 radical (unpaired) electrons. The molecular formula is C23H22ClN5O4S2. The molecule has 1 atom stereocenters. The molecule has 0 saturated carbocycles. The number of carbonyl (C=O) groups is 1. The smallest absolute Gasteiger partial charge is 0.243 e. The van der Waals surface area contributed by atoms with Crippen LogP contribution in [0.1, 0.15) is 18.5 Å². The van der Waals surface area contributed by atoms with Crippen molar-refractivity contribution in [3.05, 3.63) is 59.2 Å². The topological polar surface area (TPSA) is 106 Å². The summed E-state index contributed by atoms with van der Waals surface area (Å²) >= 11 is 7.33. The van der Waals surface area contributed by atoms with Gasteiger partial charge in [0.2, 0.25) is 21.1 Å². The molecule has 2 aromatic carbocycles.